The van der Waals surface area contributed by atoms with Crippen molar-refractivity contribution in [3.05, 3.63) is 56.5 Å². The highest BCUT2D eigenvalue weighted by Gasteiger charge is 2.09. The van der Waals surface area contributed by atoms with Gasteiger partial charge in [0, 0.05) is 4.47 Å². The third-order valence-corrected chi connectivity index (χ3v) is 4.22. The summed E-state index contributed by atoms with van der Waals surface area (Å²) in [5.74, 6) is 0.439. The highest BCUT2D eigenvalue weighted by molar-refractivity contribution is 9.11. The van der Waals surface area contributed by atoms with Gasteiger partial charge in [0.05, 0.1) is 10.2 Å². The molecule has 0 atom stereocenters. The SMILES string of the molecule is CC(=NNC(=O)COc1c(C)cc(Br)cc1Br)c1ccc(O)cc1. The zero-order chi connectivity index (χ0) is 17.7. The number of carbonyl (C=O) groups excluding carboxylic acids is 1. The van der Waals surface area contributed by atoms with Gasteiger partial charge in [-0.25, -0.2) is 5.43 Å². The number of halogens is 2. The molecule has 0 saturated heterocycles. The Balaban J connectivity index is 1.94. The molecule has 2 rings (SSSR count). The number of nitrogens with zero attached hydrogens (tertiary/aromatic N) is 1. The molecular weight excluding hydrogens is 440 g/mol. The molecular formula is C17H16Br2N2O3. The van der Waals surface area contributed by atoms with Gasteiger partial charge in [0.1, 0.15) is 11.5 Å². The number of amides is 1. The highest BCUT2D eigenvalue weighted by atomic mass is 79.9. The quantitative estimate of drug-likeness (QED) is 0.525. The molecule has 0 radical (unpaired) electrons. The summed E-state index contributed by atoms with van der Waals surface area (Å²) in [4.78, 5) is 11.9. The molecule has 0 bridgehead atoms. The van der Waals surface area contributed by atoms with E-state index in [1.165, 1.54) is 0 Å². The van der Waals surface area contributed by atoms with E-state index in [2.05, 4.69) is 42.4 Å². The first-order valence-corrected chi connectivity index (χ1v) is 8.66. The van der Waals surface area contributed by atoms with Crippen molar-refractivity contribution in [1.82, 2.24) is 5.43 Å². The van der Waals surface area contributed by atoms with Crippen LogP contribution in [0.5, 0.6) is 11.5 Å². The maximum Gasteiger partial charge on any atom is 0.277 e. The average molecular weight is 456 g/mol. The van der Waals surface area contributed by atoms with Crippen LogP contribution in [0.25, 0.3) is 0 Å². The monoisotopic (exact) mass is 454 g/mol. The highest BCUT2D eigenvalue weighted by Crippen LogP contribution is 2.32. The molecule has 0 heterocycles. The van der Waals surface area contributed by atoms with E-state index in [-0.39, 0.29) is 18.3 Å². The van der Waals surface area contributed by atoms with Crippen molar-refractivity contribution in [1.29, 1.82) is 0 Å². The first-order valence-electron chi connectivity index (χ1n) is 7.08. The summed E-state index contributed by atoms with van der Waals surface area (Å²) in [6.45, 7) is 3.52. The fourth-order valence-corrected chi connectivity index (χ4v) is 3.51. The average Bonchev–Trinajstić information content (AvgIpc) is 2.52. The van der Waals surface area contributed by atoms with E-state index in [1.54, 1.807) is 31.2 Å². The number of hydrazone groups is 1. The summed E-state index contributed by atoms with van der Waals surface area (Å²) < 4.78 is 7.25. The second-order valence-corrected chi connectivity index (χ2v) is 6.87. The summed E-state index contributed by atoms with van der Waals surface area (Å²) in [6.07, 6.45) is 0. The van der Waals surface area contributed by atoms with Crippen molar-refractivity contribution in [2.75, 3.05) is 6.61 Å². The Bertz CT molecular complexity index is 751. The molecule has 126 valence electrons. The molecule has 2 N–H and O–H groups in total. The second-order valence-electron chi connectivity index (χ2n) is 5.10. The molecule has 7 heteroatoms. The smallest absolute Gasteiger partial charge is 0.277 e. The van der Waals surface area contributed by atoms with Crippen LogP contribution < -0.4 is 10.2 Å². The molecule has 0 unspecified atom stereocenters. The Hall–Kier alpha value is -1.86. The van der Waals surface area contributed by atoms with Crippen LogP contribution in [-0.2, 0) is 4.79 Å². The molecule has 0 fully saturated rings. The number of aromatic hydroxyl groups is 1. The van der Waals surface area contributed by atoms with Crippen molar-refractivity contribution in [2.45, 2.75) is 13.8 Å². The first-order chi connectivity index (χ1) is 11.4. The van der Waals surface area contributed by atoms with E-state index >= 15 is 0 Å². The third kappa shape index (κ3) is 5.07. The van der Waals surface area contributed by atoms with Crippen molar-refractivity contribution in [2.24, 2.45) is 5.10 Å². The first kappa shape index (κ1) is 18.5. The second kappa shape index (κ2) is 8.30. The van der Waals surface area contributed by atoms with Gasteiger partial charge in [0.25, 0.3) is 5.91 Å². The van der Waals surface area contributed by atoms with Crippen molar-refractivity contribution in [3.63, 3.8) is 0 Å². The molecule has 2 aromatic rings. The summed E-state index contributed by atoms with van der Waals surface area (Å²) in [7, 11) is 0. The number of carbonyl (C=O) groups is 1. The summed E-state index contributed by atoms with van der Waals surface area (Å²) >= 11 is 6.81. The number of aryl methyl sites for hydroxylation is 1. The summed E-state index contributed by atoms with van der Waals surface area (Å²) in [5, 5.41) is 13.3. The molecule has 0 aliphatic heterocycles. The molecule has 0 aliphatic rings. The van der Waals surface area contributed by atoms with E-state index in [4.69, 9.17) is 4.74 Å². The lowest BCUT2D eigenvalue weighted by molar-refractivity contribution is -0.123. The lowest BCUT2D eigenvalue weighted by atomic mass is 10.1. The molecule has 2 aromatic carbocycles. The van der Waals surface area contributed by atoms with Crippen molar-refractivity contribution < 1.29 is 14.6 Å². The molecule has 0 aliphatic carbocycles. The van der Waals surface area contributed by atoms with Gasteiger partial charge in [0.2, 0.25) is 0 Å². The number of hydrogen-bond donors (Lipinski definition) is 2. The predicted octanol–water partition coefficient (Wildman–Crippen LogP) is 4.14. The van der Waals surface area contributed by atoms with Gasteiger partial charge in [-0.3, -0.25) is 4.79 Å². The minimum Gasteiger partial charge on any atom is -0.508 e. The van der Waals surface area contributed by atoms with Gasteiger partial charge >= 0.3 is 0 Å². The van der Waals surface area contributed by atoms with Crippen molar-refractivity contribution in [3.8, 4) is 11.5 Å². The van der Waals surface area contributed by atoms with E-state index < -0.39 is 0 Å². The van der Waals surface area contributed by atoms with Crippen LogP contribution >= 0.6 is 31.9 Å². The molecule has 0 spiro atoms. The fraction of sp³-hybridized carbons (Fsp3) is 0.176. The number of phenols is 1. The van der Waals surface area contributed by atoms with E-state index in [9.17, 15) is 9.90 Å². The van der Waals surface area contributed by atoms with Crippen molar-refractivity contribution >= 4 is 43.5 Å². The van der Waals surface area contributed by atoms with E-state index in [0.29, 0.717) is 11.5 Å². The van der Waals surface area contributed by atoms with Crippen LogP contribution in [0, 0.1) is 6.92 Å². The Labute approximate surface area is 157 Å². The number of hydrogen-bond acceptors (Lipinski definition) is 4. The van der Waals surface area contributed by atoms with Gasteiger partial charge < -0.3 is 9.84 Å². The van der Waals surface area contributed by atoms with Crippen LogP contribution in [0.3, 0.4) is 0 Å². The summed E-state index contributed by atoms with van der Waals surface area (Å²) in [6, 6.07) is 10.3. The van der Waals surface area contributed by atoms with Gasteiger partial charge in [-0.15, -0.1) is 0 Å². The largest absolute Gasteiger partial charge is 0.508 e. The minimum atomic E-state index is -0.359. The minimum absolute atomic E-state index is 0.145. The Kier molecular flexibility index (Phi) is 6.39. The van der Waals surface area contributed by atoms with Crippen LogP contribution in [0.4, 0.5) is 0 Å². The Morgan fingerprint density at radius 1 is 1.25 bits per heavy atom. The fourth-order valence-electron chi connectivity index (χ4n) is 1.96. The normalized spacial score (nSPS) is 11.2. The molecule has 0 saturated carbocycles. The lowest BCUT2D eigenvalue weighted by Gasteiger charge is -2.11. The molecule has 0 aromatic heterocycles. The maximum atomic E-state index is 11.9. The summed E-state index contributed by atoms with van der Waals surface area (Å²) in [5.41, 5.74) is 4.80. The van der Waals surface area contributed by atoms with Gasteiger partial charge in [-0.2, -0.15) is 5.10 Å². The van der Waals surface area contributed by atoms with Gasteiger partial charge in [-0.1, -0.05) is 15.9 Å². The molecule has 5 nitrogen and oxygen atoms in total. The van der Waals surface area contributed by atoms with Crippen LogP contribution in [0.1, 0.15) is 18.1 Å². The van der Waals surface area contributed by atoms with Crippen LogP contribution in [0.2, 0.25) is 0 Å². The molecule has 24 heavy (non-hydrogen) atoms. The Morgan fingerprint density at radius 3 is 2.54 bits per heavy atom. The standard InChI is InChI=1S/C17H16Br2N2O3/c1-10-7-13(18)8-15(19)17(10)24-9-16(23)21-20-11(2)12-3-5-14(22)6-4-12/h3-8,22H,9H2,1-2H3,(H,21,23). The lowest BCUT2D eigenvalue weighted by Crippen LogP contribution is -2.25. The third-order valence-electron chi connectivity index (χ3n) is 3.18. The van der Waals surface area contributed by atoms with Crippen LogP contribution in [0.15, 0.2) is 50.4 Å². The van der Waals surface area contributed by atoms with Gasteiger partial charge in [-0.05, 0) is 77.3 Å². The van der Waals surface area contributed by atoms with E-state index in [0.717, 1.165) is 20.1 Å². The maximum absolute atomic E-state index is 11.9. The molecule has 1 amide bonds. The zero-order valence-corrected chi connectivity index (χ0v) is 16.3. The topological polar surface area (TPSA) is 70.9 Å². The number of benzene rings is 2. The number of phenolic OH excluding ortho intramolecular Hbond substituents is 1. The number of rotatable bonds is 5. The van der Waals surface area contributed by atoms with Gasteiger partial charge in [0.15, 0.2) is 6.61 Å². The number of nitrogens with one attached hydrogen (secondary N) is 1. The number of ether oxygens (including phenoxy) is 1. The van der Waals surface area contributed by atoms with E-state index in [1.807, 2.05) is 19.1 Å². The Morgan fingerprint density at radius 2 is 1.92 bits per heavy atom. The predicted molar refractivity (Wildman–Crippen MR) is 101 cm³/mol. The van der Waals surface area contributed by atoms with Crippen LogP contribution in [-0.4, -0.2) is 23.3 Å². The zero-order valence-electron chi connectivity index (χ0n) is 13.1.